The summed E-state index contributed by atoms with van der Waals surface area (Å²) in [5.41, 5.74) is 7.50. The van der Waals surface area contributed by atoms with Crippen molar-refractivity contribution in [2.75, 3.05) is 19.0 Å². The first-order chi connectivity index (χ1) is 18.7. The third-order valence-corrected chi connectivity index (χ3v) is 13.6. The van der Waals surface area contributed by atoms with E-state index in [1.165, 1.54) is 64.9 Å². The van der Waals surface area contributed by atoms with Crippen molar-refractivity contribution in [3.05, 3.63) is 108 Å². The van der Waals surface area contributed by atoms with Crippen LogP contribution in [0, 0.1) is 13.8 Å². The molecule has 1 unspecified atom stereocenters. The summed E-state index contributed by atoms with van der Waals surface area (Å²) in [6, 6.07) is 31.7. The van der Waals surface area contributed by atoms with Crippen molar-refractivity contribution in [3.63, 3.8) is 0 Å². The average molecular weight is 544 g/mol. The Labute approximate surface area is 233 Å². The van der Waals surface area contributed by atoms with E-state index in [-0.39, 0.29) is 0 Å². The topological polar surface area (TPSA) is 29.0 Å². The Morgan fingerprint density at radius 1 is 0.667 bits per heavy atom. The number of aromatic nitrogens is 2. The maximum Gasteiger partial charge on any atom is 0.135 e. The van der Waals surface area contributed by atoms with Gasteiger partial charge in [0.2, 0.25) is 0 Å². The summed E-state index contributed by atoms with van der Waals surface area (Å²) in [5.74, 6) is 0. The normalized spacial score (nSPS) is 12.3. The number of hydrogen-bond donors (Lipinski definition) is 0. The summed E-state index contributed by atoms with van der Waals surface area (Å²) in [4.78, 5) is 11.8. The third-order valence-electron chi connectivity index (χ3n) is 7.83. The highest BCUT2D eigenvalue weighted by atomic mass is 31.1. The molecule has 0 fully saturated rings. The number of pyridine rings is 2. The first-order valence-corrected chi connectivity index (χ1v) is 17.8. The van der Waals surface area contributed by atoms with Crippen molar-refractivity contribution >= 4 is 52.8 Å². The van der Waals surface area contributed by atoms with Crippen LogP contribution in [0.25, 0.3) is 37.6 Å². The summed E-state index contributed by atoms with van der Waals surface area (Å²) in [6.07, 6.45) is 3.88. The molecule has 0 spiro atoms. The molecule has 0 saturated carbocycles. The van der Waals surface area contributed by atoms with Gasteiger partial charge in [-0.3, -0.25) is 9.97 Å². The van der Waals surface area contributed by atoms with Gasteiger partial charge in [-0.25, -0.2) is 0 Å². The van der Waals surface area contributed by atoms with Crippen molar-refractivity contribution in [1.82, 2.24) is 9.97 Å². The Kier molecular flexibility index (Phi) is 6.41. The molecule has 39 heavy (non-hydrogen) atoms. The standard InChI is InChI=1S/C34H34N3PSi/c1-23-10-13-31-30(19-23)29-12-11-25(21-32(29)38(31)33-9-7-8-15-35-33)26-17-24(2)18-28(20-26)39(5,6)34-22-27(37(3)4)14-16-36-34/h7-22H,1-6H3. The van der Waals surface area contributed by atoms with Gasteiger partial charge in [-0.2, -0.15) is 0 Å². The van der Waals surface area contributed by atoms with Crippen LogP contribution in [-0.4, -0.2) is 32.1 Å². The summed E-state index contributed by atoms with van der Waals surface area (Å²) < 4.78 is 0. The molecular weight excluding hydrogens is 509 g/mol. The number of rotatable bonds is 5. The van der Waals surface area contributed by atoms with E-state index < -0.39 is 15.6 Å². The van der Waals surface area contributed by atoms with E-state index in [2.05, 4.69) is 125 Å². The maximum absolute atomic E-state index is 4.85. The fraction of sp³-hybridized carbons (Fsp3) is 0.176. The molecule has 0 bridgehead atoms. The first-order valence-electron chi connectivity index (χ1n) is 13.4. The van der Waals surface area contributed by atoms with Gasteiger partial charge in [0.1, 0.15) is 8.07 Å². The van der Waals surface area contributed by atoms with E-state index >= 15 is 0 Å². The van der Waals surface area contributed by atoms with Gasteiger partial charge < -0.3 is 4.90 Å². The average Bonchev–Trinajstić information content (AvgIpc) is 3.26. The van der Waals surface area contributed by atoms with Gasteiger partial charge in [0.15, 0.2) is 0 Å². The summed E-state index contributed by atoms with van der Waals surface area (Å²) in [7, 11) is 1.47. The van der Waals surface area contributed by atoms with Crippen LogP contribution in [0.4, 0.5) is 5.69 Å². The van der Waals surface area contributed by atoms with Crippen LogP contribution in [0.1, 0.15) is 11.1 Å². The molecule has 1 atom stereocenters. The van der Waals surface area contributed by atoms with Gasteiger partial charge >= 0.3 is 0 Å². The molecule has 0 amide bonds. The van der Waals surface area contributed by atoms with Crippen molar-refractivity contribution < 1.29 is 0 Å². The summed E-state index contributed by atoms with van der Waals surface area (Å²) in [5, 5.41) is 8.14. The van der Waals surface area contributed by atoms with Crippen LogP contribution in [-0.2, 0) is 0 Å². The van der Waals surface area contributed by atoms with Gasteiger partial charge in [-0.05, 0) is 72.1 Å². The number of nitrogens with zero attached hydrogens (tertiary/aromatic N) is 3. The Hall–Kier alpha value is -3.72. The molecule has 6 rings (SSSR count). The van der Waals surface area contributed by atoms with E-state index in [0.717, 1.165) is 0 Å². The number of benzene rings is 3. The minimum atomic E-state index is -2.02. The summed E-state index contributed by atoms with van der Waals surface area (Å²) >= 11 is 0. The zero-order valence-electron chi connectivity index (χ0n) is 23.5. The SMILES string of the molecule is Cc1cc(-c2ccc3c4cc(C)ccc4p(-c4ccccn4)c3c2)cc([Si](C)(C)c2cc(N(C)C)ccn2)c1. The highest BCUT2D eigenvalue weighted by Crippen LogP contribution is 2.55. The van der Waals surface area contributed by atoms with E-state index in [1.807, 2.05) is 18.5 Å². The smallest absolute Gasteiger partial charge is 0.135 e. The highest BCUT2D eigenvalue weighted by molar-refractivity contribution is 7.67. The lowest BCUT2D eigenvalue weighted by molar-refractivity contribution is 1.12. The molecule has 0 radical (unpaired) electrons. The molecule has 6 aromatic rings. The van der Waals surface area contributed by atoms with Crippen LogP contribution >= 0.6 is 7.53 Å². The molecule has 3 nitrogen and oxygen atoms in total. The Bertz CT molecular complexity index is 1840. The minimum Gasteiger partial charge on any atom is -0.378 e. The molecule has 0 saturated heterocycles. The van der Waals surface area contributed by atoms with Crippen LogP contribution in [0.15, 0.2) is 97.3 Å². The number of fused-ring (bicyclic) bond motifs is 3. The second-order valence-corrected chi connectivity index (χ2v) is 17.7. The molecule has 0 aliphatic heterocycles. The molecule has 3 heterocycles. The molecule has 194 valence electrons. The largest absolute Gasteiger partial charge is 0.378 e. The lowest BCUT2D eigenvalue weighted by atomic mass is 10.0. The van der Waals surface area contributed by atoms with Crippen LogP contribution in [0.3, 0.4) is 0 Å². The zero-order valence-corrected chi connectivity index (χ0v) is 25.4. The van der Waals surface area contributed by atoms with E-state index in [0.29, 0.717) is 0 Å². The van der Waals surface area contributed by atoms with Crippen LogP contribution < -0.4 is 15.4 Å². The van der Waals surface area contributed by atoms with Gasteiger partial charge in [0.05, 0.1) is 5.44 Å². The third kappa shape index (κ3) is 4.58. The lowest BCUT2D eigenvalue weighted by Crippen LogP contribution is -2.54. The quantitative estimate of drug-likeness (QED) is 0.207. The zero-order chi connectivity index (χ0) is 27.3. The minimum absolute atomic E-state index is 0.692. The number of hydrogen-bond acceptors (Lipinski definition) is 3. The molecule has 5 heteroatoms. The molecule has 0 aliphatic rings. The summed E-state index contributed by atoms with van der Waals surface area (Å²) in [6.45, 7) is 9.22. The Morgan fingerprint density at radius 3 is 2.28 bits per heavy atom. The van der Waals surface area contributed by atoms with Gasteiger partial charge in [0.25, 0.3) is 0 Å². The second-order valence-electron chi connectivity index (χ2n) is 11.3. The van der Waals surface area contributed by atoms with E-state index in [1.54, 1.807) is 0 Å². The predicted molar refractivity (Wildman–Crippen MR) is 174 cm³/mol. The Morgan fingerprint density at radius 2 is 1.51 bits per heavy atom. The van der Waals surface area contributed by atoms with Crippen molar-refractivity contribution in [2.24, 2.45) is 0 Å². The molecule has 3 aromatic carbocycles. The van der Waals surface area contributed by atoms with Crippen LogP contribution in [0.2, 0.25) is 13.1 Å². The maximum atomic E-state index is 4.85. The number of anilines is 1. The van der Waals surface area contributed by atoms with Gasteiger partial charge in [-0.15, -0.1) is 0 Å². The molecule has 3 aromatic heterocycles. The second kappa shape index (κ2) is 9.79. The van der Waals surface area contributed by atoms with Gasteiger partial charge in [-0.1, -0.05) is 85.5 Å². The predicted octanol–water partition coefficient (Wildman–Crippen LogP) is 7.93. The van der Waals surface area contributed by atoms with Gasteiger partial charge in [0, 0.05) is 47.7 Å². The monoisotopic (exact) mass is 543 g/mol. The van der Waals surface area contributed by atoms with Crippen LogP contribution in [0.5, 0.6) is 0 Å². The van der Waals surface area contributed by atoms with E-state index in [4.69, 9.17) is 9.97 Å². The highest BCUT2D eigenvalue weighted by Gasteiger charge is 2.29. The molecular formula is C34H34N3PSi. The number of aryl methyl sites for hydroxylation is 2. The van der Waals surface area contributed by atoms with E-state index in [9.17, 15) is 0 Å². The fourth-order valence-electron chi connectivity index (χ4n) is 5.55. The van der Waals surface area contributed by atoms with Crippen molar-refractivity contribution in [1.29, 1.82) is 0 Å². The van der Waals surface area contributed by atoms with Crippen molar-refractivity contribution in [3.8, 4) is 16.6 Å². The van der Waals surface area contributed by atoms with Crippen molar-refractivity contribution in [2.45, 2.75) is 26.9 Å². The first kappa shape index (κ1) is 25.5. The molecule has 0 N–H and O–H groups in total. The Balaban J connectivity index is 1.53. The molecule has 0 aliphatic carbocycles. The lowest BCUT2D eigenvalue weighted by Gasteiger charge is -2.25. The fourth-order valence-corrected chi connectivity index (χ4v) is 10.4.